The van der Waals surface area contributed by atoms with E-state index in [-0.39, 0.29) is 24.6 Å². The second kappa shape index (κ2) is 6.44. The van der Waals surface area contributed by atoms with Crippen molar-refractivity contribution in [2.75, 3.05) is 6.54 Å². The van der Waals surface area contributed by atoms with Gasteiger partial charge in [-0.3, -0.25) is 9.69 Å². The van der Waals surface area contributed by atoms with Gasteiger partial charge in [-0.25, -0.2) is 8.78 Å². The van der Waals surface area contributed by atoms with Gasteiger partial charge in [-0.1, -0.05) is 0 Å². The van der Waals surface area contributed by atoms with E-state index >= 15 is 0 Å². The lowest BCUT2D eigenvalue weighted by atomic mass is 10.1. The monoisotopic (exact) mass is 257 g/mol. The van der Waals surface area contributed by atoms with Crippen LogP contribution in [0.4, 0.5) is 8.78 Å². The number of aliphatic carboxylic acids is 1. The van der Waals surface area contributed by atoms with Crippen LogP contribution >= 0.6 is 0 Å². The predicted molar refractivity (Wildman–Crippen MR) is 64.2 cm³/mol. The SMILES string of the molecule is CC(C)N(CCC(=O)O)Cc1cc(F)ccc1F. The van der Waals surface area contributed by atoms with E-state index in [0.29, 0.717) is 6.54 Å². The fourth-order valence-electron chi connectivity index (χ4n) is 1.64. The standard InChI is InChI=1S/C13H17F2NO2/c1-9(2)16(6-5-13(17)18)8-10-7-11(14)3-4-12(10)15/h3-4,7,9H,5-6,8H2,1-2H3,(H,17,18). The molecule has 100 valence electrons. The van der Waals surface area contributed by atoms with E-state index in [1.807, 2.05) is 13.8 Å². The van der Waals surface area contributed by atoms with Crippen LogP contribution in [0.2, 0.25) is 0 Å². The molecule has 3 nitrogen and oxygen atoms in total. The highest BCUT2D eigenvalue weighted by molar-refractivity contribution is 5.66. The predicted octanol–water partition coefficient (Wildman–Crippen LogP) is 2.65. The Balaban J connectivity index is 2.76. The van der Waals surface area contributed by atoms with Crippen LogP contribution in [0.25, 0.3) is 0 Å². The normalized spacial score (nSPS) is 11.2. The van der Waals surface area contributed by atoms with Crippen LogP contribution < -0.4 is 0 Å². The summed E-state index contributed by atoms with van der Waals surface area (Å²) in [6.45, 7) is 4.29. The molecule has 0 amide bonds. The molecule has 0 bridgehead atoms. The molecule has 0 aliphatic heterocycles. The Hall–Kier alpha value is -1.49. The van der Waals surface area contributed by atoms with Gasteiger partial charge >= 0.3 is 5.97 Å². The highest BCUT2D eigenvalue weighted by Crippen LogP contribution is 2.14. The van der Waals surface area contributed by atoms with Gasteiger partial charge in [-0.2, -0.15) is 0 Å². The Morgan fingerprint density at radius 2 is 2.06 bits per heavy atom. The van der Waals surface area contributed by atoms with Crippen LogP contribution in [0.5, 0.6) is 0 Å². The van der Waals surface area contributed by atoms with Crippen molar-refractivity contribution >= 4 is 5.97 Å². The summed E-state index contributed by atoms with van der Waals surface area (Å²) < 4.78 is 26.5. The molecule has 1 rings (SSSR count). The second-order valence-corrected chi connectivity index (χ2v) is 4.44. The second-order valence-electron chi connectivity index (χ2n) is 4.44. The number of nitrogens with zero attached hydrogens (tertiary/aromatic N) is 1. The van der Waals surface area contributed by atoms with Crippen molar-refractivity contribution in [1.82, 2.24) is 4.90 Å². The van der Waals surface area contributed by atoms with Gasteiger partial charge in [0.1, 0.15) is 11.6 Å². The molecule has 0 aliphatic carbocycles. The summed E-state index contributed by atoms with van der Waals surface area (Å²) >= 11 is 0. The van der Waals surface area contributed by atoms with E-state index < -0.39 is 17.6 Å². The summed E-state index contributed by atoms with van der Waals surface area (Å²) in [6.07, 6.45) is -0.0187. The molecule has 0 saturated heterocycles. The zero-order valence-corrected chi connectivity index (χ0v) is 10.5. The fraction of sp³-hybridized carbons (Fsp3) is 0.462. The number of rotatable bonds is 6. The molecule has 0 saturated carbocycles. The highest BCUT2D eigenvalue weighted by atomic mass is 19.1. The third-order valence-electron chi connectivity index (χ3n) is 2.72. The number of hydrogen-bond donors (Lipinski definition) is 1. The maximum atomic E-state index is 13.5. The first kappa shape index (κ1) is 14.6. The third-order valence-corrected chi connectivity index (χ3v) is 2.72. The molecule has 0 atom stereocenters. The van der Waals surface area contributed by atoms with Crippen LogP contribution in [0.1, 0.15) is 25.8 Å². The molecule has 1 aromatic rings. The van der Waals surface area contributed by atoms with Crippen molar-refractivity contribution in [3.63, 3.8) is 0 Å². The third kappa shape index (κ3) is 4.41. The van der Waals surface area contributed by atoms with Crippen LogP contribution in [0.15, 0.2) is 18.2 Å². The van der Waals surface area contributed by atoms with Gasteiger partial charge < -0.3 is 5.11 Å². The molecule has 0 aliphatic rings. The zero-order valence-electron chi connectivity index (χ0n) is 10.5. The molecular formula is C13H17F2NO2. The van der Waals surface area contributed by atoms with Crippen molar-refractivity contribution in [2.24, 2.45) is 0 Å². The maximum absolute atomic E-state index is 13.5. The lowest BCUT2D eigenvalue weighted by Crippen LogP contribution is -2.32. The van der Waals surface area contributed by atoms with Gasteiger partial charge in [0.2, 0.25) is 0 Å². The lowest BCUT2D eigenvalue weighted by Gasteiger charge is -2.26. The highest BCUT2D eigenvalue weighted by Gasteiger charge is 2.14. The van der Waals surface area contributed by atoms with Crippen LogP contribution in [0.3, 0.4) is 0 Å². The van der Waals surface area contributed by atoms with Gasteiger partial charge in [0, 0.05) is 24.7 Å². The summed E-state index contributed by atoms with van der Waals surface area (Å²) in [5, 5.41) is 8.65. The molecule has 0 spiro atoms. The Bertz CT molecular complexity index is 421. The van der Waals surface area contributed by atoms with Crippen LogP contribution in [-0.4, -0.2) is 28.6 Å². The Labute approximate surface area is 105 Å². The number of carboxylic acid groups (broad SMARTS) is 1. The smallest absolute Gasteiger partial charge is 0.304 e. The molecule has 18 heavy (non-hydrogen) atoms. The first-order valence-corrected chi connectivity index (χ1v) is 5.80. The van der Waals surface area contributed by atoms with E-state index in [0.717, 1.165) is 18.2 Å². The molecular weight excluding hydrogens is 240 g/mol. The number of carboxylic acids is 1. The Kier molecular flexibility index (Phi) is 5.22. The van der Waals surface area contributed by atoms with Crippen molar-refractivity contribution in [3.05, 3.63) is 35.4 Å². The summed E-state index contributed by atoms with van der Waals surface area (Å²) in [6, 6.07) is 3.36. The van der Waals surface area contributed by atoms with Gasteiger partial charge in [-0.15, -0.1) is 0 Å². The summed E-state index contributed by atoms with van der Waals surface area (Å²) in [5.41, 5.74) is 0.245. The molecule has 1 N–H and O–H groups in total. The van der Waals surface area contributed by atoms with E-state index in [2.05, 4.69) is 0 Å². The van der Waals surface area contributed by atoms with Crippen LogP contribution in [-0.2, 0) is 11.3 Å². The lowest BCUT2D eigenvalue weighted by molar-refractivity contribution is -0.137. The first-order valence-electron chi connectivity index (χ1n) is 5.80. The van der Waals surface area contributed by atoms with Crippen molar-refractivity contribution in [1.29, 1.82) is 0 Å². The number of halogens is 2. The summed E-state index contributed by atoms with van der Waals surface area (Å²) in [5.74, 6) is -1.87. The van der Waals surface area contributed by atoms with E-state index in [9.17, 15) is 13.6 Å². The largest absolute Gasteiger partial charge is 0.481 e. The minimum absolute atomic E-state index is 0.0187. The van der Waals surface area contributed by atoms with Crippen LogP contribution in [0, 0.1) is 11.6 Å². The maximum Gasteiger partial charge on any atom is 0.304 e. The molecule has 0 aromatic heterocycles. The number of carbonyl (C=O) groups is 1. The van der Waals surface area contributed by atoms with Crippen molar-refractivity contribution in [2.45, 2.75) is 32.9 Å². The average molecular weight is 257 g/mol. The topological polar surface area (TPSA) is 40.5 Å². The molecule has 1 aromatic carbocycles. The minimum Gasteiger partial charge on any atom is -0.481 e. The zero-order chi connectivity index (χ0) is 13.7. The van der Waals surface area contributed by atoms with Gasteiger partial charge in [-0.05, 0) is 32.0 Å². The van der Waals surface area contributed by atoms with Crippen molar-refractivity contribution < 1.29 is 18.7 Å². The fourth-order valence-corrected chi connectivity index (χ4v) is 1.64. The molecule has 0 fully saturated rings. The van der Waals surface area contributed by atoms with E-state index in [4.69, 9.17) is 5.11 Å². The van der Waals surface area contributed by atoms with Gasteiger partial charge in [0.25, 0.3) is 0 Å². The molecule has 0 unspecified atom stereocenters. The summed E-state index contributed by atoms with van der Waals surface area (Å²) in [4.78, 5) is 12.3. The number of hydrogen-bond acceptors (Lipinski definition) is 2. The van der Waals surface area contributed by atoms with E-state index in [1.54, 1.807) is 4.90 Å². The first-order chi connectivity index (χ1) is 8.40. The Morgan fingerprint density at radius 3 is 2.61 bits per heavy atom. The minimum atomic E-state index is -0.902. The van der Waals surface area contributed by atoms with Crippen molar-refractivity contribution in [3.8, 4) is 0 Å². The molecule has 0 heterocycles. The van der Waals surface area contributed by atoms with Gasteiger partial charge in [0.15, 0.2) is 0 Å². The average Bonchev–Trinajstić information content (AvgIpc) is 2.28. The molecule has 5 heteroatoms. The number of benzene rings is 1. The summed E-state index contributed by atoms with van der Waals surface area (Å²) in [7, 11) is 0. The molecule has 0 radical (unpaired) electrons. The quantitative estimate of drug-likeness (QED) is 0.851. The Morgan fingerprint density at radius 1 is 1.39 bits per heavy atom. The van der Waals surface area contributed by atoms with E-state index in [1.165, 1.54) is 0 Å². The van der Waals surface area contributed by atoms with Gasteiger partial charge in [0.05, 0.1) is 6.42 Å².